The minimum Gasteiger partial charge on any atom is -0.497 e. The average molecular weight is 451 g/mol. The lowest BCUT2D eigenvalue weighted by molar-refractivity contribution is 0.415. The molecule has 3 nitrogen and oxygen atoms in total. The SMILES string of the molecule is COc1ccc([Si](c2ccc([Si](c3ccc(OC)cc3)C(C)(C)C)o2)C(C)(C)C)cc1. The highest BCUT2D eigenvalue weighted by molar-refractivity contribution is 6.88. The Morgan fingerprint density at radius 3 is 1.13 bits per heavy atom. The highest BCUT2D eigenvalue weighted by Crippen LogP contribution is 2.29. The predicted octanol–water partition coefficient (Wildman–Crippen LogP) is 4.12. The van der Waals surface area contributed by atoms with Crippen molar-refractivity contribution < 1.29 is 13.9 Å². The largest absolute Gasteiger partial charge is 0.497 e. The van der Waals surface area contributed by atoms with Crippen LogP contribution in [0.5, 0.6) is 11.5 Å². The zero-order chi connectivity index (χ0) is 22.8. The van der Waals surface area contributed by atoms with Gasteiger partial charge in [0, 0.05) is 0 Å². The molecule has 2 aromatic carbocycles. The first-order valence-corrected chi connectivity index (χ1v) is 13.7. The molecule has 31 heavy (non-hydrogen) atoms. The fraction of sp³-hybridized carbons (Fsp3) is 0.385. The Morgan fingerprint density at radius 2 is 0.871 bits per heavy atom. The van der Waals surface area contributed by atoms with Gasteiger partial charge in [0.25, 0.3) is 0 Å². The van der Waals surface area contributed by atoms with E-state index in [1.54, 1.807) is 14.2 Å². The Hall–Kier alpha value is -2.25. The molecule has 0 saturated carbocycles. The highest BCUT2D eigenvalue weighted by atomic mass is 28.3. The van der Waals surface area contributed by atoms with Crippen molar-refractivity contribution in [2.45, 2.75) is 51.6 Å². The third-order valence-electron chi connectivity index (χ3n) is 5.36. The summed E-state index contributed by atoms with van der Waals surface area (Å²) in [6.45, 7) is 13.9. The quantitative estimate of drug-likeness (QED) is 0.530. The number of furan rings is 1. The van der Waals surface area contributed by atoms with Crippen molar-refractivity contribution in [1.29, 1.82) is 0 Å². The molecule has 5 heteroatoms. The second kappa shape index (κ2) is 9.09. The van der Waals surface area contributed by atoms with Crippen molar-refractivity contribution >= 4 is 38.7 Å². The van der Waals surface area contributed by atoms with Gasteiger partial charge in [0.2, 0.25) is 0 Å². The number of methoxy groups -OCH3 is 2. The maximum Gasteiger partial charge on any atom is 0.174 e. The number of hydrogen-bond donors (Lipinski definition) is 0. The van der Waals surface area contributed by atoms with E-state index in [1.165, 1.54) is 10.4 Å². The van der Waals surface area contributed by atoms with Crippen molar-refractivity contribution in [2.24, 2.45) is 0 Å². The van der Waals surface area contributed by atoms with E-state index in [-0.39, 0.29) is 10.1 Å². The van der Waals surface area contributed by atoms with Crippen LogP contribution in [0.4, 0.5) is 0 Å². The van der Waals surface area contributed by atoms with Gasteiger partial charge in [-0.2, -0.15) is 0 Å². The van der Waals surface area contributed by atoms with Crippen LogP contribution in [0, 0.1) is 0 Å². The van der Waals surface area contributed by atoms with Gasteiger partial charge in [0.15, 0.2) is 17.6 Å². The lowest BCUT2D eigenvalue weighted by Gasteiger charge is -2.29. The van der Waals surface area contributed by atoms with Gasteiger partial charge in [-0.05, 0) is 46.5 Å². The third kappa shape index (κ3) is 5.33. The molecule has 0 saturated heterocycles. The van der Waals surface area contributed by atoms with Gasteiger partial charge < -0.3 is 13.9 Å². The second-order valence-corrected chi connectivity index (χ2v) is 16.5. The molecular formula is C26H34O3Si2. The second-order valence-electron chi connectivity index (χ2n) is 9.87. The summed E-state index contributed by atoms with van der Waals surface area (Å²) in [5.74, 6) is 1.77. The van der Waals surface area contributed by atoms with E-state index in [0.717, 1.165) is 22.3 Å². The smallest absolute Gasteiger partial charge is 0.174 e. The lowest BCUT2D eigenvalue weighted by atomic mass is 10.2. The summed E-state index contributed by atoms with van der Waals surface area (Å²) >= 11 is 0. The molecule has 0 atom stereocenters. The molecule has 3 rings (SSSR count). The van der Waals surface area contributed by atoms with Crippen molar-refractivity contribution in [1.82, 2.24) is 0 Å². The summed E-state index contributed by atoms with van der Waals surface area (Å²) in [5, 5.41) is 5.16. The topological polar surface area (TPSA) is 31.6 Å². The van der Waals surface area contributed by atoms with Crippen LogP contribution in [0.25, 0.3) is 0 Å². The maximum absolute atomic E-state index is 6.71. The first-order valence-electron chi connectivity index (χ1n) is 10.7. The summed E-state index contributed by atoms with van der Waals surface area (Å²) in [5.41, 5.74) is 0. The Kier molecular flexibility index (Phi) is 6.86. The van der Waals surface area contributed by atoms with Crippen LogP contribution in [0.2, 0.25) is 10.1 Å². The Bertz CT molecular complexity index is 897. The zero-order valence-corrected chi connectivity index (χ0v) is 22.0. The van der Waals surface area contributed by atoms with Gasteiger partial charge in [0.05, 0.1) is 25.0 Å². The van der Waals surface area contributed by atoms with E-state index in [0.29, 0.717) is 0 Å². The van der Waals surface area contributed by atoms with Crippen LogP contribution in [-0.2, 0) is 0 Å². The molecule has 3 aromatic rings. The summed E-state index contributed by atoms with van der Waals surface area (Å²) < 4.78 is 17.4. The Labute approximate surface area is 190 Å². The average Bonchev–Trinajstić information content (AvgIpc) is 3.15. The van der Waals surface area contributed by atoms with E-state index in [2.05, 4.69) is 102 Å². The van der Waals surface area contributed by atoms with Crippen molar-refractivity contribution in [3.05, 3.63) is 60.7 Å². The van der Waals surface area contributed by atoms with Crippen LogP contribution < -0.4 is 30.6 Å². The van der Waals surface area contributed by atoms with Crippen LogP contribution in [0.1, 0.15) is 41.5 Å². The normalized spacial score (nSPS) is 12.5. The number of ether oxygens (including phenoxy) is 2. The fourth-order valence-corrected chi connectivity index (χ4v) is 9.82. The predicted molar refractivity (Wildman–Crippen MR) is 134 cm³/mol. The lowest BCUT2D eigenvalue weighted by Crippen LogP contribution is -2.51. The van der Waals surface area contributed by atoms with Crippen LogP contribution >= 0.6 is 0 Å². The van der Waals surface area contributed by atoms with Crippen molar-refractivity contribution in [3.63, 3.8) is 0 Å². The van der Waals surface area contributed by atoms with Gasteiger partial charge in [-0.1, -0.05) is 76.2 Å². The molecule has 1 aromatic heterocycles. The third-order valence-corrected chi connectivity index (χ3v) is 11.7. The van der Waals surface area contributed by atoms with E-state index in [4.69, 9.17) is 13.9 Å². The maximum atomic E-state index is 6.71. The fourth-order valence-electron chi connectivity index (χ4n) is 4.01. The number of rotatable bonds is 6. The Balaban J connectivity index is 2.03. The van der Waals surface area contributed by atoms with E-state index < -0.39 is 17.6 Å². The van der Waals surface area contributed by atoms with Crippen LogP contribution in [0.15, 0.2) is 65.1 Å². The first kappa shape index (κ1) is 23.4. The number of benzene rings is 2. The molecule has 0 amide bonds. The van der Waals surface area contributed by atoms with E-state index in [1.807, 2.05) is 0 Å². The van der Waals surface area contributed by atoms with Gasteiger partial charge in [-0.25, -0.2) is 0 Å². The van der Waals surface area contributed by atoms with Gasteiger partial charge in [0.1, 0.15) is 11.5 Å². The van der Waals surface area contributed by atoms with Crippen LogP contribution in [0.3, 0.4) is 0 Å². The Morgan fingerprint density at radius 1 is 0.548 bits per heavy atom. The molecule has 2 radical (unpaired) electrons. The zero-order valence-electron chi connectivity index (χ0n) is 20.0. The molecule has 0 spiro atoms. The molecule has 0 N–H and O–H groups in total. The molecular weight excluding hydrogens is 416 g/mol. The minimum atomic E-state index is -1.11. The molecule has 0 fully saturated rings. The molecule has 0 unspecified atom stereocenters. The standard InChI is InChI=1S/C26H34O3Si2/c1-25(2,3)30(21-13-9-19(27-7)10-14-21)23-17-18-24(29-23)31(26(4,5)6)22-15-11-20(28-8)12-16-22/h9-18H,1-8H3. The molecule has 1 heterocycles. The molecule has 0 aliphatic carbocycles. The van der Waals surface area contributed by atoms with E-state index in [9.17, 15) is 0 Å². The molecule has 0 aliphatic heterocycles. The number of hydrogen-bond acceptors (Lipinski definition) is 3. The molecule has 0 aliphatic rings. The van der Waals surface area contributed by atoms with Crippen molar-refractivity contribution in [3.8, 4) is 11.5 Å². The van der Waals surface area contributed by atoms with Gasteiger partial charge in [-0.15, -0.1) is 0 Å². The first-order chi connectivity index (χ1) is 14.5. The summed E-state index contributed by atoms with van der Waals surface area (Å²) in [6.07, 6.45) is 0. The molecule has 0 bridgehead atoms. The minimum absolute atomic E-state index is 0.114. The summed E-state index contributed by atoms with van der Waals surface area (Å²) in [7, 11) is 1.18. The summed E-state index contributed by atoms with van der Waals surface area (Å²) in [4.78, 5) is 0. The summed E-state index contributed by atoms with van der Waals surface area (Å²) in [6, 6.07) is 21.4. The van der Waals surface area contributed by atoms with E-state index >= 15 is 0 Å². The highest BCUT2D eigenvalue weighted by Gasteiger charge is 2.37. The molecule has 164 valence electrons. The monoisotopic (exact) mass is 450 g/mol. The van der Waals surface area contributed by atoms with Gasteiger partial charge >= 0.3 is 0 Å². The van der Waals surface area contributed by atoms with Crippen molar-refractivity contribution in [2.75, 3.05) is 14.2 Å². The van der Waals surface area contributed by atoms with Crippen LogP contribution in [-0.4, -0.2) is 31.8 Å². The van der Waals surface area contributed by atoms with Gasteiger partial charge in [-0.3, -0.25) is 0 Å².